The second-order valence-electron chi connectivity index (χ2n) is 5.39. The highest BCUT2D eigenvalue weighted by atomic mass is 35.5. The van der Waals surface area contributed by atoms with Crippen molar-refractivity contribution < 1.29 is 4.79 Å². The normalized spacial score (nSPS) is 34.2. The molecule has 2 bridgehead atoms. The van der Waals surface area contributed by atoms with Crippen molar-refractivity contribution in [3.8, 4) is 0 Å². The largest absolute Gasteiger partial charge is 0.321 e. The Bertz CT molecular complexity index is 423. The summed E-state index contributed by atoms with van der Waals surface area (Å²) in [6.07, 6.45) is 6.01. The topological polar surface area (TPSA) is 56.0 Å². The van der Waals surface area contributed by atoms with E-state index in [-0.39, 0.29) is 30.2 Å². The van der Waals surface area contributed by atoms with Crippen LogP contribution >= 0.6 is 12.4 Å². The molecule has 0 aromatic carbocycles. The monoisotopic (exact) mass is 266 g/mol. The molecule has 2 N–H and O–H groups in total. The van der Waals surface area contributed by atoms with Gasteiger partial charge < -0.3 is 5.73 Å². The molecule has 4 heteroatoms. The van der Waals surface area contributed by atoms with E-state index in [1.807, 2.05) is 18.2 Å². The number of fused-ring (bicyclic) bond motifs is 2. The van der Waals surface area contributed by atoms with Crippen LogP contribution in [0.4, 0.5) is 0 Å². The first-order valence-electron chi connectivity index (χ1n) is 6.45. The summed E-state index contributed by atoms with van der Waals surface area (Å²) in [7, 11) is 0. The fraction of sp³-hybridized carbons (Fsp3) is 0.571. The van der Waals surface area contributed by atoms with E-state index in [0.29, 0.717) is 11.8 Å². The number of nitrogens with zero attached hydrogens (tertiary/aromatic N) is 1. The first-order chi connectivity index (χ1) is 8.25. The quantitative estimate of drug-likeness (QED) is 0.891. The van der Waals surface area contributed by atoms with Gasteiger partial charge >= 0.3 is 0 Å². The number of hydrogen-bond donors (Lipinski definition) is 1. The first-order valence-corrected chi connectivity index (χ1v) is 6.45. The van der Waals surface area contributed by atoms with Gasteiger partial charge in [-0.1, -0.05) is 6.07 Å². The van der Waals surface area contributed by atoms with Gasteiger partial charge in [-0.25, -0.2) is 0 Å². The predicted molar refractivity (Wildman–Crippen MR) is 72.5 cm³/mol. The van der Waals surface area contributed by atoms with Gasteiger partial charge in [-0.3, -0.25) is 9.78 Å². The fourth-order valence-electron chi connectivity index (χ4n) is 3.47. The lowest BCUT2D eigenvalue weighted by Gasteiger charge is -2.31. The maximum atomic E-state index is 12.2. The average Bonchev–Trinajstić information content (AvgIpc) is 2.80. The summed E-state index contributed by atoms with van der Waals surface area (Å²) in [6, 6.07) is 5.67. The van der Waals surface area contributed by atoms with E-state index in [1.165, 1.54) is 6.42 Å². The summed E-state index contributed by atoms with van der Waals surface area (Å²) in [5.41, 5.74) is 7.05. The van der Waals surface area contributed by atoms with Gasteiger partial charge in [0, 0.05) is 17.8 Å². The summed E-state index contributed by atoms with van der Waals surface area (Å²) < 4.78 is 0. The average molecular weight is 267 g/mol. The van der Waals surface area contributed by atoms with Gasteiger partial charge in [-0.05, 0) is 49.7 Å². The van der Waals surface area contributed by atoms with Crippen molar-refractivity contribution in [2.75, 3.05) is 0 Å². The minimum Gasteiger partial charge on any atom is -0.321 e. The van der Waals surface area contributed by atoms with Crippen molar-refractivity contribution in [3.05, 3.63) is 30.1 Å². The molecule has 2 aliphatic rings. The lowest BCUT2D eigenvalue weighted by atomic mass is 9.74. The van der Waals surface area contributed by atoms with Gasteiger partial charge in [0.15, 0.2) is 5.78 Å². The number of aromatic nitrogens is 1. The molecule has 0 aliphatic heterocycles. The van der Waals surface area contributed by atoms with Crippen molar-refractivity contribution in [1.29, 1.82) is 0 Å². The van der Waals surface area contributed by atoms with Crippen LogP contribution in [0.2, 0.25) is 0 Å². The molecule has 1 aromatic rings. The van der Waals surface area contributed by atoms with E-state index in [2.05, 4.69) is 4.98 Å². The van der Waals surface area contributed by atoms with Crippen LogP contribution in [0.15, 0.2) is 24.4 Å². The smallest absolute Gasteiger partial charge is 0.153 e. The number of Topliss-reactive ketones (excluding diaryl/α,β-unsaturated/α-hetero) is 1. The third kappa shape index (κ3) is 2.29. The van der Waals surface area contributed by atoms with Crippen LogP contribution in [-0.4, -0.2) is 16.8 Å². The number of carbonyl (C=O) groups excluding carboxylic acids is 1. The van der Waals surface area contributed by atoms with E-state index >= 15 is 0 Å². The van der Waals surface area contributed by atoms with Crippen molar-refractivity contribution in [2.24, 2.45) is 23.5 Å². The summed E-state index contributed by atoms with van der Waals surface area (Å²) in [4.78, 5) is 16.6. The SMILES string of the molecule is Cl.NC1C(=O)C(Cc2ccccn2)C2CCC1C2. The Kier molecular flexibility index (Phi) is 4.03. The molecule has 0 radical (unpaired) electrons. The summed E-state index contributed by atoms with van der Waals surface area (Å²) in [6.45, 7) is 0. The van der Waals surface area contributed by atoms with Crippen LogP contribution in [0, 0.1) is 17.8 Å². The molecule has 0 saturated heterocycles. The Hall–Kier alpha value is -0.930. The van der Waals surface area contributed by atoms with E-state index in [0.717, 1.165) is 25.0 Å². The minimum absolute atomic E-state index is 0. The number of pyridine rings is 1. The van der Waals surface area contributed by atoms with Crippen LogP contribution in [0.1, 0.15) is 25.0 Å². The summed E-state index contributed by atoms with van der Waals surface area (Å²) in [5, 5.41) is 0. The third-order valence-electron chi connectivity index (χ3n) is 4.44. The molecule has 1 aromatic heterocycles. The molecule has 98 valence electrons. The van der Waals surface area contributed by atoms with Crippen molar-refractivity contribution >= 4 is 18.2 Å². The van der Waals surface area contributed by atoms with Crippen molar-refractivity contribution in [1.82, 2.24) is 4.98 Å². The highest BCUT2D eigenvalue weighted by molar-refractivity contribution is 5.88. The second kappa shape index (κ2) is 5.37. The van der Waals surface area contributed by atoms with Crippen LogP contribution in [0.3, 0.4) is 0 Å². The molecular weight excluding hydrogens is 248 g/mol. The predicted octanol–water partition coefficient (Wildman–Crippen LogP) is 1.99. The number of rotatable bonds is 2. The van der Waals surface area contributed by atoms with Gasteiger partial charge in [-0.15, -0.1) is 12.4 Å². The van der Waals surface area contributed by atoms with Crippen molar-refractivity contribution in [2.45, 2.75) is 31.7 Å². The Balaban J connectivity index is 0.00000120. The molecule has 18 heavy (non-hydrogen) atoms. The van der Waals surface area contributed by atoms with Gasteiger partial charge in [-0.2, -0.15) is 0 Å². The molecular formula is C14H19ClN2O. The van der Waals surface area contributed by atoms with E-state index in [9.17, 15) is 4.79 Å². The van der Waals surface area contributed by atoms with E-state index in [4.69, 9.17) is 5.73 Å². The Morgan fingerprint density at radius 1 is 1.28 bits per heavy atom. The summed E-state index contributed by atoms with van der Waals surface area (Å²) in [5.74, 6) is 1.38. The van der Waals surface area contributed by atoms with Gasteiger partial charge in [0.2, 0.25) is 0 Å². The molecule has 2 fully saturated rings. The minimum atomic E-state index is -0.220. The lowest BCUT2D eigenvalue weighted by Crippen LogP contribution is -2.46. The highest BCUT2D eigenvalue weighted by Gasteiger charge is 2.45. The Morgan fingerprint density at radius 2 is 2.06 bits per heavy atom. The van der Waals surface area contributed by atoms with Crippen LogP contribution < -0.4 is 5.73 Å². The zero-order chi connectivity index (χ0) is 11.8. The zero-order valence-electron chi connectivity index (χ0n) is 10.3. The molecule has 0 spiro atoms. The third-order valence-corrected chi connectivity index (χ3v) is 4.44. The Labute approximate surface area is 114 Å². The highest BCUT2D eigenvalue weighted by Crippen LogP contribution is 2.44. The molecule has 2 saturated carbocycles. The van der Waals surface area contributed by atoms with Crippen molar-refractivity contribution in [3.63, 3.8) is 0 Å². The van der Waals surface area contributed by atoms with Gasteiger partial charge in [0.25, 0.3) is 0 Å². The maximum absolute atomic E-state index is 12.2. The molecule has 1 heterocycles. The molecule has 4 unspecified atom stereocenters. The lowest BCUT2D eigenvalue weighted by molar-refractivity contribution is -0.128. The number of halogens is 1. The second-order valence-corrected chi connectivity index (χ2v) is 5.39. The maximum Gasteiger partial charge on any atom is 0.153 e. The molecule has 3 nitrogen and oxygen atoms in total. The van der Waals surface area contributed by atoms with Crippen LogP contribution in [-0.2, 0) is 11.2 Å². The first kappa shape index (κ1) is 13.5. The standard InChI is InChI=1S/C14H18N2O.ClH/c15-13-10-5-4-9(7-10)12(14(13)17)8-11-3-1-2-6-16-11;/h1-3,6,9-10,12-13H,4-5,7-8,15H2;1H. The van der Waals surface area contributed by atoms with E-state index in [1.54, 1.807) is 6.20 Å². The Morgan fingerprint density at radius 3 is 2.78 bits per heavy atom. The zero-order valence-corrected chi connectivity index (χ0v) is 11.1. The summed E-state index contributed by atoms with van der Waals surface area (Å²) >= 11 is 0. The number of hydrogen-bond acceptors (Lipinski definition) is 3. The molecule has 2 aliphatic carbocycles. The molecule has 3 rings (SSSR count). The van der Waals surface area contributed by atoms with Gasteiger partial charge in [0.1, 0.15) is 0 Å². The van der Waals surface area contributed by atoms with Crippen LogP contribution in [0.25, 0.3) is 0 Å². The molecule has 0 amide bonds. The van der Waals surface area contributed by atoms with Crippen LogP contribution in [0.5, 0.6) is 0 Å². The fourth-order valence-corrected chi connectivity index (χ4v) is 3.47. The number of carbonyl (C=O) groups is 1. The number of nitrogens with two attached hydrogens (primary N) is 1. The number of ketones is 1. The molecule has 4 atom stereocenters. The van der Waals surface area contributed by atoms with E-state index < -0.39 is 0 Å². The van der Waals surface area contributed by atoms with Gasteiger partial charge in [0.05, 0.1) is 6.04 Å².